The largest absolute Gasteiger partial charge is 0.488 e. The molecule has 0 spiro atoms. The second-order valence-corrected chi connectivity index (χ2v) is 4.57. The summed E-state index contributed by atoms with van der Waals surface area (Å²) in [5, 5.41) is 0.474. The molecule has 0 saturated heterocycles. The maximum atomic E-state index is 5.91. The Bertz CT molecular complexity index is 379. The number of halogens is 2. The molecule has 17 heavy (non-hydrogen) atoms. The van der Waals surface area contributed by atoms with Crippen LogP contribution in [-0.4, -0.2) is 12.6 Å². The standard InChI is InChI=1S/C13H17Cl2NO/c1-2-12(16)6-10-4-3-5-13(7-10)17-9-11(15)8-14/h3-5,7-8,12H,2,6,9,16H2,1H3. The van der Waals surface area contributed by atoms with Crippen LogP contribution in [0.2, 0.25) is 0 Å². The van der Waals surface area contributed by atoms with E-state index in [-0.39, 0.29) is 12.6 Å². The van der Waals surface area contributed by atoms with E-state index in [0.717, 1.165) is 18.6 Å². The van der Waals surface area contributed by atoms with Gasteiger partial charge in [0.25, 0.3) is 0 Å². The van der Waals surface area contributed by atoms with Crippen LogP contribution in [0.3, 0.4) is 0 Å². The summed E-state index contributed by atoms with van der Waals surface area (Å²) in [7, 11) is 0. The van der Waals surface area contributed by atoms with E-state index in [0.29, 0.717) is 5.03 Å². The lowest BCUT2D eigenvalue weighted by molar-refractivity contribution is 0.359. The van der Waals surface area contributed by atoms with Gasteiger partial charge in [-0.15, -0.1) is 0 Å². The third-order valence-electron chi connectivity index (χ3n) is 2.42. The highest BCUT2D eigenvalue weighted by molar-refractivity contribution is 6.36. The lowest BCUT2D eigenvalue weighted by Gasteiger charge is -2.10. The minimum Gasteiger partial charge on any atom is -0.488 e. The van der Waals surface area contributed by atoms with Crippen LogP contribution in [0.4, 0.5) is 0 Å². The SMILES string of the molecule is CCC(N)Cc1cccc(OCC(Cl)=CCl)c1. The lowest BCUT2D eigenvalue weighted by atomic mass is 10.0. The molecule has 0 saturated carbocycles. The summed E-state index contributed by atoms with van der Waals surface area (Å²) >= 11 is 11.2. The molecule has 0 radical (unpaired) electrons. The fourth-order valence-corrected chi connectivity index (χ4v) is 1.51. The van der Waals surface area contributed by atoms with Gasteiger partial charge in [-0.05, 0) is 30.5 Å². The van der Waals surface area contributed by atoms with E-state index >= 15 is 0 Å². The van der Waals surface area contributed by atoms with Crippen LogP contribution < -0.4 is 10.5 Å². The topological polar surface area (TPSA) is 35.2 Å². The minimum absolute atomic E-state index is 0.191. The molecule has 0 aliphatic carbocycles. The lowest BCUT2D eigenvalue weighted by Crippen LogP contribution is -2.21. The van der Waals surface area contributed by atoms with E-state index in [1.807, 2.05) is 24.3 Å². The van der Waals surface area contributed by atoms with Crippen LogP contribution in [0.1, 0.15) is 18.9 Å². The molecule has 4 heteroatoms. The van der Waals surface area contributed by atoms with Gasteiger partial charge in [0.15, 0.2) is 0 Å². The van der Waals surface area contributed by atoms with Crippen LogP contribution in [0, 0.1) is 0 Å². The summed E-state index contributed by atoms with van der Waals surface area (Å²) in [5.41, 5.74) is 8.38. The molecule has 0 aliphatic heterocycles. The Balaban J connectivity index is 2.59. The van der Waals surface area contributed by atoms with E-state index in [9.17, 15) is 0 Å². The molecule has 0 aromatic heterocycles. The van der Waals surface area contributed by atoms with Crippen molar-refractivity contribution in [3.63, 3.8) is 0 Å². The van der Waals surface area contributed by atoms with Crippen LogP contribution in [0.25, 0.3) is 0 Å². The van der Waals surface area contributed by atoms with Crippen molar-refractivity contribution >= 4 is 23.2 Å². The molecule has 1 aromatic carbocycles. The fraction of sp³-hybridized carbons (Fsp3) is 0.385. The van der Waals surface area contributed by atoms with Crippen LogP contribution in [-0.2, 0) is 6.42 Å². The number of rotatable bonds is 6. The van der Waals surface area contributed by atoms with Crippen LogP contribution >= 0.6 is 23.2 Å². The van der Waals surface area contributed by atoms with E-state index in [4.69, 9.17) is 33.7 Å². The van der Waals surface area contributed by atoms with Gasteiger partial charge in [-0.1, -0.05) is 42.3 Å². The van der Waals surface area contributed by atoms with Gasteiger partial charge in [0.1, 0.15) is 12.4 Å². The molecule has 1 aromatic rings. The third-order valence-corrected chi connectivity index (χ3v) is 3.01. The molecule has 2 N–H and O–H groups in total. The van der Waals surface area contributed by atoms with Crippen molar-refractivity contribution < 1.29 is 4.74 Å². The van der Waals surface area contributed by atoms with Crippen molar-refractivity contribution in [3.05, 3.63) is 40.4 Å². The number of hydrogen-bond acceptors (Lipinski definition) is 2. The smallest absolute Gasteiger partial charge is 0.125 e. The number of benzene rings is 1. The van der Waals surface area contributed by atoms with Crippen LogP contribution in [0.5, 0.6) is 5.75 Å². The Morgan fingerprint density at radius 1 is 1.53 bits per heavy atom. The van der Waals surface area contributed by atoms with Gasteiger partial charge in [0.2, 0.25) is 0 Å². The molecule has 2 nitrogen and oxygen atoms in total. The first-order valence-electron chi connectivity index (χ1n) is 5.57. The summed E-state index contributed by atoms with van der Waals surface area (Å²) < 4.78 is 5.49. The maximum Gasteiger partial charge on any atom is 0.125 e. The molecule has 1 rings (SSSR count). The quantitative estimate of drug-likeness (QED) is 0.859. The van der Waals surface area contributed by atoms with Gasteiger partial charge in [-0.2, -0.15) is 0 Å². The average Bonchev–Trinajstić information content (AvgIpc) is 2.36. The van der Waals surface area contributed by atoms with Gasteiger partial charge in [-0.25, -0.2) is 0 Å². The molecule has 1 atom stereocenters. The molecule has 0 heterocycles. The maximum absolute atomic E-state index is 5.91. The van der Waals surface area contributed by atoms with Gasteiger partial charge in [0, 0.05) is 11.6 Å². The highest BCUT2D eigenvalue weighted by atomic mass is 35.5. The summed E-state index contributed by atoms with van der Waals surface area (Å²) in [6.45, 7) is 2.37. The predicted octanol–water partition coefficient (Wildman–Crippen LogP) is 3.66. The monoisotopic (exact) mass is 273 g/mol. The van der Waals surface area contributed by atoms with Crippen molar-refractivity contribution in [1.82, 2.24) is 0 Å². The summed E-state index contributed by atoms with van der Waals surface area (Å²) in [4.78, 5) is 0. The molecule has 0 fully saturated rings. The van der Waals surface area contributed by atoms with Gasteiger partial charge >= 0.3 is 0 Å². The Morgan fingerprint density at radius 3 is 2.94 bits per heavy atom. The number of hydrogen-bond donors (Lipinski definition) is 1. The molecule has 0 bridgehead atoms. The molecular formula is C13H17Cl2NO. The molecule has 94 valence electrons. The predicted molar refractivity (Wildman–Crippen MR) is 73.7 cm³/mol. The zero-order chi connectivity index (χ0) is 12.7. The highest BCUT2D eigenvalue weighted by Crippen LogP contribution is 2.16. The molecule has 0 amide bonds. The van der Waals surface area contributed by atoms with Gasteiger partial charge < -0.3 is 10.5 Å². The second kappa shape index (κ2) is 7.59. The van der Waals surface area contributed by atoms with Crippen molar-refractivity contribution in [2.75, 3.05) is 6.61 Å². The van der Waals surface area contributed by atoms with Crippen molar-refractivity contribution in [2.24, 2.45) is 5.73 Å². The minimum atomic E-state index is 0.191. The summed E-state index contributed by atoms with van der Waals surface area (Å²) in [6, 6.07) is 8.05. The van der Waals surface area contributed by atoms with E-state index < -0.39 is 0 Å². The number of ether oxygens (including phenoxy) is 1. The fourth-order valence-electron chi connectivity index (χ4n) is 1.39. The Labute approximate surface area is 112 Å². The zero-order valence-electron chi connectivity index (χ0n) is 9.83. The van der Waals surface area contributed by atoms with E-state index in [1.54, 1.807) is 0 Å². The van der Waals surface area contributed by atoms with Crippen LogP contribution in [0.15, 0.2) is 34.8 Å². The van der Waals surface area contributed by atoms with E-state index in [2.05, 4.69) is 6.92 Å². The first-order chi connectivity index (χ1) is 8.15. The third kappa shape index (κ3) is 5.44. The first kappa shape index (κ1) is 14.4. The number of nitrogens with two attached hydrogens (primary N) is 1. The summed E-state index contributed by atoms with van der Waals surface area (Å²) in [5.74, 6) is 0.780. The first-order valence-corrected chi connectivity index (χ1v) is 6.39. The van der Waals surface area contributed by atoms with Gasteiger partial charge in [0.05, 0.1) is 5.03 Å². The average molecular weight is 274 g/mol. The Hall–Kier alpha value is -0.700. The van der Waals surface area contributed by atoms with Crippen molar-refractivity contribution in [1.29, 1.82) is 0 Å². The Kier molecular flexibility index (Phi) is 6.41. The van der Waals surface area contributed by atoms with E-state index in [1.165, 1.54) is 11.1 Å². The molecule has 0 aliphatic rings. The molecule has 1 unspecified atom stereocenters. The second-order valence-electron chi connectivity index (χ2n) is 3.86. The van der Waals surface area contributed by atoms with Gasteiger partial charge in [-0.3, -0.25) is 0 Å². The highest BCUT2D eigenvalue weighted by Gasteiger charge is 2.03. The summed E-state index contributed by atoms with van der Waals surface area (Å²) in [6.07, 6.45) is 1.82. The van der Waals surface area contributed by atoms with Crippen molar-refractivity contribution in [3.8, 4) is 5.75 Å². The normalized spacial score (nSPS) is 13.5. The Morgan fingerprint density at radius 2 is 2.29 bits per heavy atom. The molecular weight excluding hydrogens is 257 g/mol. The van der Waals surface area contributed by atoms with Crippen molar-refractivity contribution in [2.45, 2.75) is 25.8 Å². The zero-order valence-corrected chi connectivity index (χ0v) is 11.3.